The van der Waals surface area contributed by atoms with E-state index in [1.54, 1.807) is 0 Å². The van der Waals surface area contributed by atoms with E-state index in [0.717, 1.165) is 0 Å². The molecule has 0 amide bonds. The number of esters is 1. The van der Waals surface area contributed by atoms with Crippen molar-refractivity contribution in [2.45, 2.75) is 10.9 Å². The predicted octanol–water partition coefficient (Wildman–Crippen LogP) is 0.458. The standard InChI is InChI=1S/C11H13ClN2O4S/c1-18-11(15)7-2-3-9(12)10(4-7)19(16,17)14-5-8(13)6-14/h2-4,8H,5-6,13H2,1H3. The second-order valence-corrected chi connectivity index (χ2v) is 6.53. The highest BCUT2D eigenvalue weighted by Crippen LogP contribution is 2.28. The van der Waals surface area contributed by atoms with Crippen LogP contribution in [0.1, 0.15) is 10.4 Å². The number of sulfonamides is 1. The first-order chi connectivity index (χ1) is 8.86. The average molecular weight is 305 g/mol. The Kier molecular flexibility index (Phi) is 3.82. The van der Waals surface area contributed by atoms with Crippen LogP contribution in [0.5, 0.6) is 0 Å². The molecule has 1 aromatic carbocycles. The fraction of sp³-hybridized carbons (Fsp3) is 0.364. The maximum atomic E-state index is 12.3. The van der Waals surface area contributed by atoms with Gasteiger partial charge in [0.1, 0.15) is 4.90 Å². The molecular weight excluding hydrogens is 292 g/mol. The molecule has 0 aromatic heterocycles. The number of hydrogen-bond acceptors (Lipinski definition) is 5. The van der Waals surface area contributed by atoms with Crippen LogP contribution in [0.25, 0.3) is 0 Å². The highest BCUT2D eigenvalue weighted by atomic mass is 35.5. The number of methoxy groups -OCH3 is 1. The van der Waals surface area contributed by atoms with E-state index in [0.29, 0.717) is 0 Å². The van der Waals surface area contributed by atoms with Crippen LogP contribution in [0, 0.1) is 0 Å². The van der Waals surface area contributed by atoms with Crippen LogP contribution in [0.2, 0.25) is 5.02 Å². The fourth-order valence-corrected chi connectivity index (χ4v) is 3.80. The number of benzene rings is 1. The third-order valence-electron chi connectivity index (χ3n) is 2.85. The zero-order chi connectivity index (χ0) is 14.2. The Balaban J connectivity index is 2.41. The van der Waals surface area contributed by atoms with Gasteiger partial charge in [0, 0.05) is 19.1 Å². The first-order valence-electron chi connectivity index (χ1n) is 5.50. The van der Waals surface area contributed by atoms with Gasteiger partial charge in [-0.15, -0.1) is 0 Å². The summed E-state index contributed by atoms with van der Waals surface area (Å²) in [7, 11) is -2.49. The number of nitrogens with zero attached hydrogens (tertiary/aromatic N) is 1. The number of rotatable bonds is 3. The summed E-state index contributed by atoms with van der Waals surface area (Å²) in [6.45, 7) is 0.502. The summed E-state index contributed by atoms with van der Waals surface area (Å²) in [5, 5.41) is 0.0631. The van der Waals surface area contributed by atoms with E-state index in [1.165, 1.54) is 29.6 Å². The molecule has 0 aliphatic carbocycles. The van der Waals surface area contributed by atoms with Crippen LogP contribution in [0.4, 0.5) is 0 Å². The van der Waals surface area contributed by atoms with Gasteiger partial charge >= 0.3 is 5.97 Å². The molecule has 1 heterocycles. The van der Waals surface area contributed by atoms with Crippen molar-refractivity contribution in [3.63, 3.8) is 0 Å². The Labute approximate surface area is 116 Å². The molecule has 0 saturated carbocycles. The van der Waals surface area contributed by atoms with Crippen LogP contribution in [0.3, 0.4) is 0 Å². The molecule has 0 spiro atoms. The molecule has 1 saturated heterocycles. The molecule has 1 fully saturated rings. The summed E-state index contributed by atoms with van der Waals surface area (Å²) in [4.78, 5) is 11.3. The average Bonchev–Trinajstić information content (AvgIpc) is 2.34. The smallest absolute Gasteiger partial charge is 0.337 e. The predicted molar refractivity (Wildman–Crippen MR) is 69.5 cm³/mol. The SMILES string of the molecule is COC(=O)c1ccc(Cl)c(S(=O)(=O)N2CC(N)C2)c1. The Bertz CT molecular complexity index is 611. The van der Waals surface area contributed by atoms with E-state index in [4.69, 9.17) is 17.3 Å². The van der Waals surface area contributed by atoms with E-state index >= 15 is 0 Å². The second kappa shape index (κ2) is 5.09. The van der Waals surface area contributed by atoms with Crippen molar-refractivity contribution in [1.29, 1.82) is 0 Å². The highest BCUT2D eigenvalue weighted by Gasteiger charge is 2.36. The number of carbonyl (C=O) groups is 1. The molecule has 0 bridgehead atoms. The van der Waals surface area contributed by atoms with Gasteiger partial charge in [-0.05, 0) is 18.2 Å². The molecule has 6 nitrogen and oxygen atoms in total. The Morgan fingerprint density at radius 1 is 1.47 bits per heavy atom. The highest BCUT2D eigenvalue weighted by molar-refractivity contribution is 7.89. The number of carbonyl (C=O) groups excluding carboxylic acids is 1. The number of halogens is 1. The number of hydrogen-bond donors (Lipinski definition) is 1. The third-order valence-corrected chi connectivity index (χ3v) is 5.16. The summed E-state index contributed by atoms with van der Waals surface area (Å²) in [6.07, 6.45) is 0. The topological polar surface area (TPSA) is 89.7 Å². The minimum absolute atomic E-state index is 0.0631. The van der Waals surface area contributed by atoms with Crippen molar-refractivity contribution in [3.8, 4) is 0 Å². The van der Waals surface area contributed by atoms with Gasteiger partial charge in [-0.1, -0.05) is 11.6 Å². The Hall–Kier alpha value is -1.15. The first kappa shape index (κ1) is 14.3. The summed E-state index contributed by atoms with van der Waals surface area (Å²) in [5.41, 5.74) is 5.70. The zero-order valence-corrected chi connectivity index (χ0v) is 11.7. The normalized spacial score (nSPS) is 17.0. The van der Waals surface area contributed by atoms with Gasteiger partial charge in [-0.25, -0.2) is 13.2 Å². The molecule has 2 rings (SSSR count). The van der Waals surface area contributed by atoms with Crippen LogP contribution >= 0.6 is 11.6 Å². The van der Waals surface area contributed by atoms with Gasteiger partial charge in [-0.3, -0.25) is 0 Å². The molecule has 1 aromatic rings. The van der Waals surface area contributed by atoms with Crippen LogP contribution < -0.4 is 5.73 Å². The minimum Gasteiger partial charge on any atom is -0.465 e. The van der Waals surface area contributed by atoms with Gasteiger partial charge in [0.2, 0.25) is 10.0 Å². The van der Waals surface area contributed by atoms with Gasteiger partial charge in [-0.2, -0.15) is 4.31 Å². The number of nitrogens with two attached hydrogens (primary N) is 1. The lowest BCUT2D eigenvalue weighted by molar-refractivity contribution is 0.0600. The fourth-order valence-electron chi connectivity index (χ4n) is 1.75. The van der Waals surface area contributed by atoms with Gasteiger partial charge in [0.15, 0.2) is 0 Å². The monoisotopic (exact) mass is 304 g/mol. The largest absolute Gasteiger partial charge is 0.465 e. The molecule has 104 valence electrons. The van der Waals surface area contributed by atoms with E-state index < -0.39 is 16.0 Å². The van der Waals surface area contributed by atoms with Crippen molar-refractivity contribution in [3.05, 3.63) is 28.8 Å². The molecule has 0 unspecified atom stereocenters. The van der Waals surface area contributed by atoms with Crippen molar-refractivity contribution >= 4 is 27.6 Å². The Morgan fingerprint density at radius 2 is 2.11 bits per heavy atom. The van der Waals surface area contributed by atoms with E-state index in [9.17, 15) is 13.2 Å². The summed E-state index contributed by atoms with van der Waals surface area (Å²) < 4.78 is 30.3. The summed E-state index contributed by atoms with van der Waals surface area (Å²) in [5.74, 6) is -0.617. The van der Waals surface area contributed by atoms with Crippen LogP contribution in [-0.4, -0.2) is 44.9 Å². The third kappa shape index (κ3) is 2.59. The molecule has 0 atom stereocenters. The first-order valence-corrected chi connectivity index (χ1v) is 7.31. The lowest BCUT2D eigenvalue weighted by Crippen LogP contribution is -2.57. The lowest BCUT2D eigenvalue weighted by atomic mass is 10.2. The quantitative estimate of drug-likeness (QED) is 0.819. The summed E-state index contributed by atoms with van der Waals surface area (Å²) in [6, 6.07) is 3.83. The summed E-state index contributed by atoms with van der Waals surface area (Å²) >= 11 is 5.90. The van der Waals surface area contributed by atoms with Crippen molar-refractivity contribution in [2.24, 2.45) is 5.73 Å². The van der Waals surface area contributed by atoms with Gasteiger partial charge < -0.3 is 10.5 Å². The lowest BCUT2D eigenvalue weighted by Gasteiger charge is -2.35. The molecule has 1 aliphatic rings. The van der Waals surface area contributed by atoms with Crippen molar-refractivity contribution < 1.29 is 17.9 Å². The van der Waals surface area contributed by atoms with Crippen molar-refractivity contribution in [2.75, 3.05) is 20.2 Å². The van der Waals surface area contributed by atoms with Crippen LogP contribution in [-0.2, 0) is 14.8 Å². The molecule has 19 heavy (non-hydrogen) atoms. The van der Waals surface area contributed by atoms with Gasteiger partial charge in [0.05, 0.1) is 17.7 Å². The zero-order valence-electron chi connectivity index (χ0n) is 10.2. The second-order valence-electron chi connectivity index (χ2n) is 4.22. The van der Waals surface area contributed by atoms with E-state index in [1.807, 2.05) is 0 Å². The Morgan fingerprint density at radius 3 is 2.63 bits per heavy atom. The van der Waals surface area contributed by atoms with Crippen LogP contribution in [0.15, 0.2) is 23.1 Å². The molecule has 2 N–H and O–H groups in total. The molecule has 8 heteroatoms. The maximum absolute atomic E-state index is 12.3. The molecular formula is C11H13ClN2O4S. The number of ether oxygens (including phenoxy) is 1. The molecule has 0 radical (unpaired) electrons. The van der Waals surface area contributed by atoms with E-state index in [2.05, 4.69) is 4.74 Å². The van der Waals surface area contributed by atoms with Gasteiger partial charge in [0.25, 0.3) is 0 Å². The van der Waals surface area contributed by atoms with Crippen molar-refractivity contribution in [1.82, 2.24) is 4.31 Å². The maximum Gasteiger partial charge on any atom is 0.337 e. The minimum atomic E-state index is -3.72. The molecule has 1 aliphatic heterocycles. The van der Waals surface area contributed by atoms with E-state index in [-0.39, 0.29) is 34.6 Å².